The fourth-order valence-electron chi connectivity index (χ4n) is 0.643. The molecule has 0 heterocycles. The number of halogens is 2. The summed E-state index contributed by atoms with van der Waals surface area (Å²) in [7, 11) is 0. The van der Waals surface area contributed by atoms with Crippen molar-refractivity contribution < 1.29 is 8.78 Å². The summed E-state index contributed by atoms with van der Waals surface area (Å²) in [5.41, 5.74) is 0. The number of rotatable bonds is 6. The molecule has 0 fully saturated rings. The number of hydrogen-bond donors (Lipinski definition) is 0. The molecular weight excluding hydrogens is 166 g/mol. The minimum Gasteiger partial charge on any atom is -0.174 e. The number of allylic oxidation sites excluding steroid dienone is 1. The van der Waals surface area contributed by atoms with Gasteiger partial charge in [-0.15, -0.1) is 0 Å². The molecule has 0 unspecified atom stereocenters. The molecule has 0 amide bonds. The van der Waals surface area contributed by atoms with E-state index < -0.39 is 6.08 Å². The minimum absolute atomic E-state index is 0.513. The van der Waals surface area contributed by atoms with Crippen LogP contribution in [0.15, 0.2) is 12.2 Å². The Morgan fingerprint density at radius 3 is 2.64 bits per heavy atom. The zero-order chi connectivity index (χ0) is 8.53. The van der Waals surface area contributed by atoms with Crippen molar-refractivity contribution in [3.05, 3.63) is 12.2 Å². The van der Waals surface area contributed by atoms with Crippen LogP contribution in [0.25, 0.3) is 0 Å². The third kappa shape index (κ3) is 9.95. The van der Waals surface area contributed by atoms with E-state index in [0.29, 0.717) is 6.42 Å². The van der Waals surface area contributed by atoms with Gasteiger partial charge in [-0.05, 0) is 36.8 Å². The Morgan fingerprint density at radius 2 is 2.09 bits per heavy atom. The van der Waals surface area contributed by atoms with Gasteiger partial charge in [-0.25, -0.2) is 0 Å². The fourth-order valence-corrected chi connectivity index (χ4v) is 1.51. The molecule has 0 nitrogen and oxygen atoms in total. The van der Waals surface area contributed by atoms with Gasteiger partial charge in [0.2, 0.25) is 0 Å². The van der Waals surface area contributed by atoms with Gasteiger partial charge in [0.15, 0.2) is 0 Å². The number of unbranched alkanes of at least 4 members (excludes halogenated alkanes) is 1. The van der Waals surface area contributed by atoms with Crippen molar-refractivity contribution in [2.24, 2.45) is 0 Å². The first-order valence-electron chi connectivity index (χ1n) is 3.86. The predicted molar refractivity (Wildman–Crippen MR) is 47.1 cm³/mol. The Labute approximate surface area is 71.1 Å². The normalized spacial score (nSPS) is 9.73. The summed E-state index contributed by atoms with van der Waals surface area (Å²) in [6.07, 6.45) is 1.98. The molecule has 0 saturated heterocycles. The molecule has 0 aromatic rings. The van der Waals surface area contributed by atoms with Gasteiger partial charge in [0, 0.05) is 0 Å². The van der Waals surface area contributed by atoms with Crippen LogP contribution in [0.4, 0.5) is 8.78 Å². The lowest BCUT2D eigenvalue weighted by molar-refractivity contribution is 0.417. The van der Waals surface area contributed by atoms with Crippen molar-refractivity contribution in [2.75, 3.05) is 11.5 Å². The highest BCUT2D eigenvalue weighted by atomic mass is 32.2. The Bertz CT molecular complexity index is 109. The minimum atomic E-state index is -1.55. The molecule has 0 radical (unpaired) electrons. The molecule has 0 atom stereocenters. The van der Waals surface area contributed by atoms with Gasteiger partial charge in [0.25, 0.3) is 6.08 Å². The van der Waals surface area contributed by atoms with Gasteiger partial charge < -0.3 is 0 Å². The smallest absolute Gasteiger partial charge is 0.174 e. The molecule has 0 bridgehead atoms. The first-order valence-corrected chi connectivity index (χ1v) is 5.01. The number of hydrogen-bond acceptors (Lipinski definition) is 1. The summed E-state index contributed by atoms with van der Waals surface area (Å²) in [6.45, 7) is 2.12. The lowest BCUT2D eigenvalue weighted by Gasteiger charge is -1.95. The van der Waals surface area contributed by atoms with Crippen molar-refractivity contribution in [1.82, 2.24) is 0 Å². The monoisotopic (exact) mass is 180 g/mol. The highest BCUT2D eigenvalue weighted by molar-refractivity contribution is 7.99. The van der Waals surface area contributed by atoms with E-state index in [2.05, 4.69) is 6.92 Å². The average molecular weight is 180 g/mol. The summed E-state index contributed by atoms with van der Waals surface area (Å²) in [5, 5.41) is 0. The fraction of sp³-hybridized carbons (Fsp3) is 0.750. The molecule has 3 heteroatoms. The molecule has 0 aliphatic rings. The van der Waals surface area contributed by atoms with Crippen LogP contribution in [-0.4, -0.2) is 11.5 Å². The van der Waals surface area contributed by atoms with Crippen LogP contribution in [0, 0.1) is 0 Å². The van der Waals surface area contributed by atoms with Crippen molar-refractivity contribution >= 4 is 11.8 Å². The summed E-state index contributed by atoms with van der Waals surface area (Å²) in [5.74, 6) is 2.14. The van der Waals surface area contributed by atoms with Crippen LogP contribution in [0.2, 0.25) is 0 Å². The summed E-state index contributed by atoms with van der Waals surface area (Å²) in [6, 6.07) is 0. The first kappa shape index (κ1) is 11.0. The summed E-state index contributed by atoms with van der Waals surface area (Å²) >= 11 is 1.83. The second-order valence-corrected chi connectivity index (χ2v) is 3.47. The van der Waals surface area contributed by atoms with E-state index in [-0.39, 0.29) is 0 Å². The van der Waals surface area contributed by atoms with E-state index in [4.69, 9.17) is 0 Å². The van der Waals surface area contributed by atoms with Gasteiger partial charge in [-0.1, -0.05) is 6.92 Å². The van der Waals surface area contributed by atoms with Crippen LogP contribution in [0.5, 0.6) is 0 Å². The lowest BCUT2D eigenvalue weighted by atomic mass is 10.3. The zero-order valence-electron chi connectivity index (χ0n) is 6.78. The third-order valence-corrected chi connectivity index (χ3v) is 2.41. The summed E-state index contributed by atoms with van der Waals surface area (Å²) in [4.78, 5) is 0. The van der Waals surface area contributed by atoms with E-state index in [0.717, 1.165) is 30.4 Å². The van der Waals surface area contributed by atoms with E-state index in [1.165, 1.54) is 0 Å². The highest BCUT2D eigenvalue weighted by Gasteiger charge is 1.89. The first-order chi connectivity index (χ1) is 5.27. The van der Waals surface area contributed by atoms with Crippen LogP contribution in [0.1, 0.15) is 26.2 Å². The van der Waals surface area contributed by atoms with E-state index in [9.17, 15) is 8.78 Å². The molecule has 0 saturated carbocycles. The summed E-state index contributed by atoms with van der Waals surface area (Å²) < 4.78 is 22.9. The third-order valence-electron chi connectivity index (χ3n) is 1.14. The van der Waals surface area contributed by atoms with Gasteiger partial charge in [-0.2, -0.15) is 20.5 Å². The Morgan fingerprint density at radius 1 is 1.36 bits per heavy atom. The van der Waals surface area contributed by atoms with Crippen LogP contribution in [-0.2, 0) is 0 Å². The highest BCUT2D eigenvalue weighted by Crippen LogP contribution is 2.08. The van der Waals surface area contributed by atoms with E-state index in [1.807, 2.05) is 11.8 Å². The second kappa shape index (κ2) is 8.05. The van der Waals surface area contributed by atoms with Gasteiger partial charge >= 0.3 is 0 Å². The molecule has 0 aliphatic carbocycles. The maximum atomic E-state index is 11.5. The maximum Gasteiger partial charge on any atom is 0.266 e. The predicted octanol–water partition coefficient (Wildman–Crippen LogP) is 3.69. The molecular formula is C8H14F2S. The number of thioether (sulfide) groups is 1. The molecule has 0 spiro atoms. The van der Waals surface area contributed by atoms with Gasteiger partial charge in [0.1, 0.15) is 0 Å². The van der Waals surface area contributed by atoms with Crippen LogP contribution in [0.3, 0.4) is 0 Å². The molecule has 0 rings (SSSR count). The topological polar surface area (TPSA) is 0 Å². The molecule has 0 aliphatic heterocycles. The molecule has 0 aromatic heterocycles. The lowest BCUT2D eigenvalue weighted by Crippen LogP contribution is -1.80. The van der Waals surface area contributed by atoms with E-state index >= 15 is 0 Å². The van der Waals surface area contributed by atoms with Crippen LogP contribution < -0.4 is 0 Å². The van der Waals surface area contributed by atoms with Gasteiger partial charge in [-0.3, -0.25) is 0 Å². The van der Waals surface area contributed by atoms with Crippen molar-refractivity contribution in [3.8, 4) is 0 Å². The molecule has 0 aromatic carbocycles. The molecule has 11 heavy (non-hydrogen) atoms. The zero-order valence-corrected chi connectivity index (χ0v) is 7.59. The largest absolute Gasteiger partial charge is 0.266 e. The Kier molecular flexibility index (Phi) is 8.01. The Balaban J connectivity index is 2.97. The molecule has 66 valence electrons. The second-order valence-electron chi connectivity index (χ2n) is 2.25. The van der Waals surface area contributed by atoms with E-state index in [1.54, 1.807) is 0 Å². The van der Waals surface area contributed by atoms with Gasteiger partial charge in [0.05, 0.1) is 0 Å². The average Bonchev–Trinajstić information content (AvgIpc) is 1.96. The quantitative estimate of drug-likeness (QED) is 0.562. The SMILES string of the molecule is CCCSCCCC=C(F)F. The maximum absolute atomic E-state index is 11.5. The molecule has 0 N–H and O–H groups in total. The Hall–Kier alpha value is -0.0500. The van der Waals surface area contributed by atoms with Crippen molar-refractivity contribution in [2.45, 2.75) is 26.2 Å². The van der Waals surface area contributed by atoms with Crippen molar-refractivity contribution in [3.63, 3.8) is 0 Å². The van der Waals surface area contributed by atoms with Crippen LogP contribution >= 0.6 is 11.8 Å². The van der Waals surface area contributed by atoms with Crippen molar-refractivity contribution in [1.29, 1.82) is 0 Å². The standard InChI is InChI=1S/C8H14F2S/c1-2-6-11-7-4-3-5-8(9)10/h5H,2-4,6-7H2,1H3.